The molecule has 0 amide bonds. The topological polar surface area (TPSA) is 82.9 Å². The molecule has 0 saturated carbocycles. The van der Waals surface area contributed by atoms with Crippen molar-refractivity contribution in [3.63, 3.8) is 0 Å². The van der Waals surface area contributed by atoms with Crippen LogP contribution in [0.25, 0.3) is 22.3 Å². The Bertz CT molecular complexity index is 1160. The van der Waals surface area contributed by atoms with Crippen LogP contribution in [0.1, 0.15) is 56.3 Å². The van der Waals surface area contributed by atoms with Gasteiger partial charge in [-0.05, 0) is 72.2 Å². The second kappa shape index (κ2) is 8.13. The Hall–Kier alpha value is -2.22. The van der Waals surface area contributed by atoms with Crippen LogP contribution >= 0.6 is 0 Å². The van der Waals surface area contributed by atoms with Gasteiger partial charge in [0.2, 0.25) is 0 Å². The summed E-state index contributed by atoms with van der Waals surface area (Å²) in [7, 11) is 1.74. The minimum atomic E-state index is -1.25. The number of nitrogens with one attached hydrogen (secondary N) is 1. The molecule has 3 aromatic rings. The van der Waals surface area contributed by atoms with E-state index in [0.29, 0.717) is 16.7 Å². The number of hydrogen-bond donors (Lipinski definition) is 1. The van der Waals surface area contributed by atoms with Crippen molar-refractivity contribution in [2.75, 3.05) is 0 Å². The molecule has 30 heavy (non-hydrogen) atoms. The van der Waals surface area contributed by atoms with Crippen molar-refractivity contribution >= 4 is 22.3 Å². The summed E-state index contributed by atoms with van der Waals surface area (Å²) in [5.74, 6) is 0.576. The van der Waals surface area contributed by atoms with Crippen LogP contribution in [0.4, 0.5) is 0 Å². The van der Waals surface area contributed by atoms with E-state index in [2.05, 4.69) is 9.71 Å². The monoisotopic (exact) mass is 426 g/mol. The standard InChI is InChI=1S/C23H30N4O2S/c1-13-11-18(16(4)26-30(29)23(5,6)7)20-19(12-13)22(28)27(8)21(25-20)17-10-9-14(2)24-15(17)3/h9-12,16,26H,1-8H3. The van der Waals surface area contributed by atoms with Crippen molar-refractivity contribution in [3.8, 4) is 11.4 Å². The molecule has 0 aliphatic heterocycles. The number of aromatic nitrogens is 3. The largest absolute Gasteiger partial charge is 0.598 e. The molecule has 2 aromatic heterocycles. The lowest BCUT2D eigenvalue weighted by Crippen LogP contribution is -2.40. The molecular formula is C23H30N4O2S. The third kappa shape index (κ3) is 4.29. The average molecular weight is 427 g/mol. The Labute approximate surface area is 181 Å². The molecule has 3 rings (SSSR count). The molecule has 0 fully saturated rings. The number of fused-ring (bicyclic) bond motifs is 1. The first kappa shape index (κ1) is 22.5. The third-order valence-electron chi connectivity index (χ3n) is 5.13. The first-order valence-corrected chi connectivity index (χ1v) is 11.2. The summed E-state index contributed by atoms with van der Waals surface area (Å²) >= 11 is -1.25. The van der Waals surface area contributed by atoms with Gasteiger partial charge in [-0.3, -0.25) is 14.3 Å². The highest BCUT2D eigenvalue weighted by Gasteiger charge is 2.29. The van der Waals surface area contributed by atoms with E-state index in [9.17, 15) is 9.35 Å². The average Bonchev–Trinajstić information content (AvgIpc) is 2.64. The summed E-state index contributed by atoms with van der Waals surface area (Å²) in [6.45, 7) is 13.6. The van der Waals surface area contributed by atoms with E-state index in [1.165, 1.54) is 0 Å². The third-order valence-corrected chi connectivity index (χ3v) is 6.81. The maximum Gasteiger partial charge on any atom is 0.261 e. The van der Waals surface area contributed by atoms with E-state index >= 15 is 0 Å². The molecule has 160 valence electrons. The van der Waals surface area contributed by atoms with Gasteiger partial charge in [-0.2, -0.15) is 0 Å². The van der Waals surface area contributed by atoms with Crippen LogP contribution in [-0.2, 0) is 18.4 Å². The van der Waals surface area contributed by atoms with Crippen molar-refractivity contribution in [2.24, 2.45) is 7.05 Å². The van der Waals surface area contributed by atoms with Gasteiger partial charge < -0.3 is 4.55 Å². The molecule has 2 unspecified atom stereocenters. The second-order valence-corrected chi connectivity index (χ2v) is 10.9. The van der Waals surface area contributed by atoms with E-state index in [1.54, 1.807) is 11.6 Å². The number of benzene rings is 1. The molecule has 0 bridgehead atoms. The van der Waals surface area contributed by atoms with Gasteiger partial charge in [-0.15, -0.1) is 4.72 Å². The number of nitrogens with zero attached hydrogens (tertiary/aromatic N) is 3. The Morgan fingerprint density at radius 1 is 1.13 bits per heavy atom. The van der Waals surface area contributed by atoms with Gasteiger partial charge in [0.15, 0.2) is 0 Å². The van der Waals surface area contributed by atoms with Crippen molar-refractivity contribution in [1.29, 1.82) is 0 Å². The molecular weight excluding hydrogens is 396 g/mol. The van der Waals surface area contributed by atoms with Crippen LogP contribution in [0.5, 0.6) is 0 Å². The molecule has 0 aliphatic rings. The first-order valence-electron chi connectivity index (χ1n) is 10.0. The van der Waals surface area contributed by atoms with Crippen molar-refractivity contribution in [3.05, 3.63) is 57.1 Å². The molecule has 2 heterocycles. The first-order chi connectivity index (χ1) is 13.9. The summed E-state index contributed by atoms with van der Waals surface area (Å²) in [5.41, 5.74) is 4.92. The Balaban J connectivity index is 2.24. The van der Waals surface area contributed by atoms with Crippen LogP contribution in [-0.4, -0.2) is 23.8 Å². The minimum absolute atomic E-state index is 0.107. The quantitative estimate of drug-likeness (QED) is 0.637. The Morgan fingerprint density at radius 2 is 1.80 bits per heavy atom. The smallest absolute Gasteiger partial charge is 0.261 e. The molecule has 1 aromatic carbocycles. The zero-order chi connectivity index (χ0) is 22.4. The lowest BCUT2D eigenvalue weighted by molar-refractivity contribution is 0.531. The summed E-state index contributed by atoms with van der Waals surface area (Å²) < 4.78 is 17.0. The molecule has 1 N–H and O–H groups in total. The summed E-state index contributed by atoms with van der Waals surface area (Å²) in [4.78, 5) is 22.7. The predicted octanol–water partition coefficient (Wildman–Crippen LogP) is 4.03. The van der Waals surface area contributed by atoms with Crippen LogP contribution in [0.15, 0.2) is 29.1 Å². The summed E-state index contributed by atoms with van der Waals surface area (Å²) in [6, 6.07) is 7.51. The van der Waals surface area contributed by atoms with Gasteiger partial charge in [-0.25, -0.2) is 4.98 Å². The maximum atomic E-state index is 13.2. The Kier molecular flexibility index (Phi) is 6.09. The highest BCUT2D eigenvalue weighted by molar-refractivity contribution is 7.90. The van der Waals surface area contributed by atoms with Crippen molar-refractivity contribution in [2.45, 2.75) is 59.3 Å². The minimum Gasteiger partial charge on any atom is -0.598 e. The van der Waals surface area contributed by atoms with Gasteiger partial charge in [-0.1, -0.05) is 6.07 Å². The van der Waals surface area contributed by atoms with Crippen LogP contribution in [0, 0.1) is 20.8 Å². The fourth-order valence-electron chi connectivity index (χ4n) is 3.45. The van der Waals surface area contributed by atoms with Gasteiger partial charge in [0.1, 0.15) is 10.6 Å². The lowest BCUT2D eigenvalue weighted by atomic mass is 10.0. The number of pyridine rings is 1. The summed E-state index contributed by atoms with van der Waals surface area (Å²) in [5, 5.41) is 0.559. The Morgan fingerprint density at radius 3 is 2.40 bits per heavy atom. The SMILES string of the molecule is Cc1cc(C(C)N[S+]([O-])C(C)(C)C)c2nc(-c3ccc(C)nc3C)n(C)c(=O)c2c1. The zero-order valence-corrected chi connectivity index (χ0v) is 19.8. The van der Waals surface area contributed by atoms with E-state index in [4.69, 9.17) is 4.98 Å². The molecule has 0 spiro atoms. The molecule has 0 aliphatic carbocycles. The van der Waals surface area contributed by atoms with Gasteiger partial charge in [0, 0.05) is 40.9 Å². The van der Waals surface area contributed by atoms with Gasteiger partial charge >= 0.3 is 0 Å². The maximum absolute atomic E-state index is 13.2. The highest BCUT2D eigenvalue weighted by atomic mass is 32.2. The fraction of sp³-hybridized carbons (Fsp3) is 0.435. The fourth-order valence-corrected chi connectivity index (χ4v) is 4.25. The van der Waals surface area contributed by atoms with E-state index in [1.807, 2.05) is 72.7 Å². The zero-order valence-electron chi connectivity index (χ0n) is 19.0. The number of hydrogen-bond acceptors (Lipinski definition) is 5. The van der Waals surface area contributed by atoms with E-state index in [-0.39, 0.29) is 11.6 Å². The molecule has 7 heteroatoms. The van der Waals surface area contributed by atoms with Gasteiger partial charge in [0.05, 0.1) is 16.9 Å². The van der Waals surface area contributed by atoms with Crippen molar-refractivity contribution in [1.82, 2.24) is 19.3 Å². The van der Waals surface area contributed by atoms with Crippen LogP contribution in [0.3, 0.4) is 0 Å². The molecule has 0 saturated heterocycles. The highest BCUT2D eigenvalue weighted by Crippen LogP contribution is 2.28. The predicted molar refractivity (Wildman–Crippen MR) is 124 cm³/mol. The molecule has 2 atom stereocenters. The summed E-state index contributed by atoms with van der Waals surface area (Å²) in [6.07, 6.45) is 0. The molecule has 6 nitrogen and oxygen atoms in total. The second-order valence-electron chi connectivity index (χ2n) is 8.86. The normalized spacial score (nSPS) is 14.2. The number of aryl methyl sites for hydroxylation is 3. The van der Waals surface area contributed by atoms with Gasteiger partial charge in [0.25, 0.3) is 5.56 Å². The van der Waals surface area contributed by atoms with E-state index in [0.717, 1.165) is 28.1 Å². The van der Waals surface area contributed by atoms with Crippen molar-refractivity contribution < 1.29 is 4.55 Å². The van der Waals surface area contributed by atoms with Crippen LogP contribution < -0.4 is 10.3 Å². The van der Waals surface area contributed by atoms with Crippen LogP contribution in [0.2, 0.25) is 0 Å². The van der Waals surface area contributed by atoms with E-state index < -0.39 is 16.1 Å². The molecule has 0 radical (unpaired) electrons. The number of rotatable bonds is 4. The lowest BCUT2D eigenvalue weighted by Gasteiger charge is -2.27.